The van der Waals surface area contributed by atoms with Crippen molar-refractivity contribution >= 4 is 43.8 Å². The maximum Gasteiger partial charge on any atom is 0.318 e. The standard InChI is InChI=1S/C4H6Br2O2.C4H8O2/c1-2(5)3(6)4(7)8;1-2-3-4(5)6/h2-3H,1H3,(H,7,8);2-3H2,1H3,(H,5,6). The number of rotatable bonds is 4. The van der Waals surface area contributed by atoms with E-state index in [0.717, 1.165) is 6.42 Å². The second kappa shape index (κ2) is 9.45. The quantitative estimate of drug-likeness (QED) is 0.775. The van der Waals surface area contributed by atoms with E-state index in [-0.39, 0.29) is 4.83 Å². The van der Waals surface area contributed by atoms with Crippen molar-refractivity contribution in [1.29, 1.82) is 0 Å². The van der Waals surface area contributed by atoms with Crippen LogP contribution >= 0.6 is 31.9 Å². The summed E-state index contributed by atoms with van der Waals surface area (Å²) in [6.45, 7) is 3.61. The summed E-state index contributed by atoms with van der Waals surface area (Å²) in [6.07, 6.45) is 1.02. The van der Waals surface area contributed by atoms with Gasteiger partial charge in [0.2, 0.25) is 0 Å². The topological polar surface area (TPSA) is 74.6 Å². The molecule has 0 spiro atoms. The molecule has 6 heteroatoms. The van der Waals surface area contributed by atoms with Crippen molar-refractivity contribution in [2.24, 2.45) is 0 Å². The second-order valence-corrected chi connectivity index (χ2v) is 4.99. The summed E-state index contributed by atoms with van der Waals surface area (Å²) >= 11 is 6.07. The van der Waals surface area contributed by atoms with E-state index >= 15 is 0 Å². The summed E-state index contributed by atoms with van der Waals surface area (Å²) in [5.41, 5.74) is 0. The number of halogens is 2. The van der Waals surface area contributed by atoms with Crippen molar-refractivity contribution < 1.29 is 19.8 Å². The average Bonchev–Trinajstić information content (AvgIpc) is 2.03. The molecule has 0 saturated heterocycles. The molecule has 0 aliphatic rings. The van der Waals surface area contributed by atoms with Crippen molar-refractivity contribution in [3.05, 3.63) is 0 Å². The Hall–Kier alpha value is -0.100. The highest BCUT2D eigenvalue weighted by atomic mass is 79.9. The van der Waals surface area contributed by atoms with E-state index in [9.17, 15) is 9.59 Å². The first-order valence-corrected chi connectivity index (χ1v) is 5.88. The molecule has 0 aromatic rings. The molecule has 0 bridgehead atoms. The third kappa shape index (κ3) is 11.9. The molecule has 84 valence electrons. The number of alkyl halides is 2. The van der Waals surface area contributed by atoms with Gasteiger partial charge in [-0.15, -0.1) is 0 Å². The minimum Gasteiger partial charge on any atom is -0.481 e. The molecule has 0 aliphatic heterocycles. The second-order valence-electron chi connectivity index (χ2n) is 2.56. The largest absolute Gasteiger partial charge is 0.481 e. The van der Waals surface area contributed by atoms with Crippen LogP contribution in [0.25, 0.3) is 0 Å². The third-order valence-electron chi connectivity index (χ3n) is 1.10. The van der Waals surface area contributed by atoms with Crippen molar-refractivity contribution in [3.8, 4) is 0 Å². The lowest BCUT2D eigenvalue weighted by atomic mass is 10.3. The van der Waals surface area contributed by atoms with E-state index in [2.05, 4.69) is 31.9 Å². The molecule has 0 radical (unpaired) electrons. The highest BCUT2D eigenvalue weighted by molar-refractivity contribution is 9.12. The Morgan fingerprint density at radius 3 is 1.71 bits per heavy atom. The van der Waals surface area contributed by atoms with Gasteiger partial charge < -0.3 is 10.2 Å². The van der Waals surface area contributed by atoms with Crippen LogP contribution in [0.3, 0.4) is 0 Å². The molecule has 0 amide bonds. The van der Waals surface area contributed by atoms with Crippen LogP contribution in [0.1, 0.15) is 26.7 Å². The Morgan fingerprint density at radius 2 is 1.71 bits per heavy atom. The van der Waals surface area contributed by atoms with Crippen molar-refractivity contribution in [2.75, 3.05) is 0 Å². The molecule has 0 aliphatic carbocycles. The average molecular weight is 334 g/mol. The van der Waals surface area contributed by atoms with E-state index < -0.39 is 16.8 Å². The van der Waals surface area contributed by atoms with E-state index in [1.165, 1.54) is 0 Å². The van der Waals surface area contributed by atoms with Gasteiger partial charge in [0.05, 0.1) is 0 Å². The lowest BCUT2D eigenvalue weighted by molar-refractivity contribution is -0.137. The molecule has 0 heterocycles. The number of carboxylic acid groups (broad SMARTS) is 2. The van der Waals surface area contributed by atoms with Gasteiger partial charge in [-0.3, -0.25) is 9.59 Å². The summed E-state index contributed by atoms with van der Waals surface area (Å²) in [7, 11) is 0. The zero-order valence-corrected chi connectivity index (χ0v) is 11.2. The van der Waals surface area contributed by atoms with E-state index in [4.69, 9.17) is 10.2 Å². The Kier molecular flexibility index (Phi) is 11.0. The summed E-state index contributed by atoms with van der Waals surface area (Å²) in [6, 6.07) is 0. The molecule has 0 rings (SSSR count). The summed E-state index contributed by atoms with van der Waals surface area (Å²) in [5.74, 6) is -1.55. The first-order valence-electron chi connectivity index (χ1n) is 4.05. The lowest BCUT2D eigenvalue weighted by Crippen LogP contribution is -2.20. The zero-order valence-electron chi connectivity index (χ0n) is 8.04. The molecule has 0 aromatic heterocycles. The highest BCUT2D eigenvalue weighted by Gasteiger charge is 2.17. The van der Waals surface area contributed by atoms with Crippen LogP contribution in [0.4, 0.5) is 0 Å². The van der Waals surface area contributed by atoms with Gasteiger partial charge in [0, 0.05) is 11.2 Å². The zero-order chi connectivity index (χ0) is 11.7. The third-order valence-corrected chi connectivity index (χ3v) is 3.53. The monoisotopic (exact) mass is 332 g/mol. The van der Waals surface area contributed by atoms with E-state index in [0.29, 0.717) is 6.42 Å². The molecule has 2 N–H and O–H groups in total. The predicted molar refractivity (Wildman–Crippen MR) is 61.3 cm³/mol. The first kappa shape index (κ1) is 16.3. The molecule has 0 aromatic carbocycles. The van der Waals surface area contributed by atoms with Crippen molar-refractivity contribution in [1.82, 2.24) is 0 Å². The van der Waals surface area contributed by atoms with E-state index in [1.807, 2.05) is 6.92 Å². The number of aliphatic carboxylic acids is 2. The van der Waals surface area contributed by atoms with Crippen LogP contribution < -0.4 is 0 Å². The van der Waals surface area contributed by atoms with Crippen LogP contribution in [0.2, 0.25) is 0 Å². The molecule has 4 nitrogen and oxygen atoms in total. The molecule has 0 fully saturated rings. The Morgan fingerprint density at radius 1 is 1.29 bits per heavy atom. The molecule has 2 unspecified atom stereocenters. The Labute approximate surface area is 99.9 Å². The number of hydrogen-bond donors (Lipinski definition) is 2. The van der Waals surface area contributed by atoms with Crippen LogP contribution in [-0.4, -0.2) is 31.8 Å². The minimum absolute atomic E-state index is 0.0278. The normalized spacial score (nSPS) is 13.4. The SMILES string of the molecule is CC(Br)C(Br)C(=O)O.CCCC(=O)O. The van der Waals surface area contributed by atoms with Crippen molar-refractivity contribution in [3.63, 3.8) is 0 Å². The highest BCUT2D eigenvalue weighted by Crippen LogP contribution is 2.12. The van der Waals surface area contributed by atoms with Crippen LogP contribution in [0.15, 0.2) is 0 Å². The van der Waals surface area contributed by atoms with Gasteiger partial charge in [-0.25, -0.2) is 0 Å². The maximum absolute atomic E-state index is 10.1. The molecule has 2 atom stereocenters. The molecular formula is C8H14Br2O4. The summed E-state index contributed by atoms with van der Waals surface area (Å²) < 4.78 is 0. The fourth-order valence-electron chi connectivity index (χ4n) is 0.410. The van der Waals surface area contributed by atoms with Crippen LogP contribution in [0.5, 0.6) is 0 Å². The minimum atomic E-state index is -0.839. The van der Waals surface area contributed by atoms with Gasteiger partial charge in [0.1, 0.15) is 4.83 Å². The van der Waals surface area contributed by atoms with Crippen molar-refractivity contribution in [2.45, 2.75) is 36.3 Å². The first-order chi connectivity index (χ1) is 6.32. The predicted octanol–water partition coefficient (Wildman–Crippen LogP) is 2.49. The van der Waals surface area contributed by atoms with Gasteiger partial charge in [-0.1, -0.05) is 45.7 Å². The fourth-order valence-corrected chi connectivity index (χ4v) is 0.636. The molecule has 0 saturated carbocycles. The van der Waals surface area contributed by atoms with Crippen LogP contribution in [0, 0.1) is 0 Å². The molecule has 14 heavy (non-hydrogen) atoms. The fraction of sp³-hybridized carbons (Fsp3) is 0.750. The summed E-state index contributed by atoms with van der Waals surface area (Å²) in [5, 5.41) is 16.2. The maximum atomic E-state index is 10.1. The Balaban J connectivity index is 0. The molecular weight excluding hydrogens is 320 g/mol. The van der Waals surface area contributed by atoms with Gasteiger partial charge >= 0.3 is 11.9 Å². The summed E-state index contributed by atoms with van der Waals surface area (Å²) in [4.78, 5) is 19.2. The van der Waals surface area contributed by atoms with Gasteiger partial charge in [-0.05, 0) is 6.42 Å². The lowest BCUT2D eigenvalue weighted by Gasteiger charge is -2.03. The van der Waals surface area contributed by atoms with Gasteiger partial charge in [0.25, 0.3) is 0 Å². The number of carboxylic acids is 2. The smallest absolute Gasteiger partial charge is 0.318 e. The van der Waals surface area contributed by atoms with Crippen LogP contribution in [-0.2, 0) is 9.59 Å². The van der Waals surface area contributed by atoms with E-state index in [1.54, 1.807) is 6.92 Å². The van der Waals surface area contributed by atoms with Gasteiger partial charge in [0.15, 0.2) is 0 Å². The Bertz CT molecular complexity index is 182. The number of hydrogen-bond acceptors (Lipinski definition) is 2. The van der Waals surface area contributed by atoms with Gasteiger partial charge in [-0.2, -0.15) is 0 Å². The number of carbonyl (C=O) groups is 2.